The van der Waals surface area contributed by atoms with E-state index >= 15 is 0 Å². The maximum Gasteiger partial charge on any atom is 0.237 e. The lowest BCUT2D eigenvalue weighted by Crippen LogP contribution is -2.44. The van der Waals surface area contributed by atoms with Gasteiger partial charge in [0.15, 0.2) is 0 Å². The molecule has 4 heteroatoms. The molecule has 0 radical (unpaired) electrons. The molecule has 0 aromatic heterocycles. The molecule has 2 unspecified atom stereocenters. The van der Waals surface area contributed by atoms with Gasteiger partial charge in [-0.05, 0) is 30.4 Å². The Morgan fingerprint density at radius 2 is 2.00 bits per heavy atom. The van der Waals surface area contributed by atoms with Crippen LogP contribution in [0.3, 0.4) is 0 Å². The molecule has 0 bridgehead atoms. The van der Waals surface area contributed by atoms with Crippen molar-refractivity contribution in [3.63, 3.8) is 0 Å². The summed E-state index contributed by atoms with van der Waals surface area (Å²) in [6.07, 6.45) is 8.25. The molecule has 1 aromatic rings. The molecule has 2 aliphatic rings. The van der Waals surface area contributed by atoms with Crippen molar-refractivity contribution in [1.29, 1.82) is 0 Å². The molecule has 1 aromatic carbocycles. The van der Waals surface area contributed by atoms with Crippen LogP contribution in [0.4, 0.5) is 0 Å². The standard InChI is InChI=1S/C18H26N2OS/c19-15(12-13-6-2-1-3-7-13)18(21)20-16-10-11-22-17-9-5-4-8-14(16)17/h4-5,8-9,13,15-16H,1-3,6-7,10-12,19H2,(H,20,21). The fourth-order valence-corrected chi connectivity index (χ4v) is 4.78. The SMILES string of the molecule is NC(CC1CCCCC1)C(=O)NC1CCSc2ccccc21. The van der Waals surface area contributed by atoms with Crippen LogP contribution in [0.25, 0.3) is 0 Å². The van der Waals surface area contributed by atoms with Crippen LogP contribution in [0.5, 0.6) is 0 Å². The van der Waals surface area contributed by atoms with Gasteiger partial charge in [0.05, 0.1) is 12.1 Å². The van der Waals surface area contributed by atoms with Crippen LogP contribution in [0.1, 0.15) is 56.6 Å². The minimum absolute atomic E-state index is 0.0253. The number of nitrogens with two attached hydrogens (primary N) is 1. The highest BCUT2D eigenvalue weighted by Crippen LogP contribution is 2.36. The van der Waals surface area contributed by atoms with Crippen LogP contribution in [-0.4, -0.2) is 17.7 Å². The quantitative estimate of drug-likeness (QED) is 0.891. The molecule has 1 amide bonds. The zero-order chi connectivity index (χ0) is 15.4. The predicted molar refractivity (Wildman–Crippen MR) is 91.8 cm³/mol. The third kappa shape index (κ3) is 3.85. The lowest BCUT2D eigenvalue weighted by atomic mass is 9.85. The molecule has 3 rings (SSSR count). The summed E-state index contributed by atoms with van der Waals surface area (Å²) in [5.41, 5.74) is 7.42. The zero-order valence-electron chi connectivity index (χ0n) is 13.1. The number of carbonyl (C=O) groups excluding carboxylic acids is 1. The van der Waals surface area contributed by atoms with E-state index in [0.29, 0.717) is 5.92 Å². The summed E-state index contributed by atoms with van der Waals surface area (Å²) < 4.78 is 0. The third-order valence-corrected chi connectivity index (χ3v) is 6.05. The molecule has 1 aliphatic carbocycles. The minimum Gasteiger partial charge on any atom is -0.348 e. The van der Waals surface area contributed by atoms with Crippen molar-refractivity contribution < 1.29 is 4.79 Å². The number of nitrogens with one attached hydrogen (secondary N) is 1. The van der Waals surface area contributed by atoms with Crippen LogP contribution in [0.2, 0.25) is 0 Å². The number of amides is 1. The molecule has 22 heavy (non-hydrogen) atoms. The Hall–Kier alpha value is -1.00. The first kappa shape index (κ1) is 15.9. The van der Waals surface area contributed by atoms with E-state index < -0.39 is 0 Å². The van der Waals surface area contributed by atoms with E-state index in [0.717, 1.165) is 18.6 Å². The van der Waals surface area contributed by atoms with Crippen molar-refractivity contribution >= 4 is 17.7 Å². The minimum atomic E-state index is -0.357. The Balaban J connectivity index is 1.57. The number of thioether (sulfide) groups is 1. The second-order valence-electron chi connectivity index (χ2n) is 6.58. The Morgan fingerprint density at radius 3 is 2.82 bits per heavy atom. The van der Waals surface area contributed by atoms with E-state index in [2.05, 4.69) is 23.5 Å². The van der Waals surface area contributed by atoms with Gasteiger partial charge >= 0.3 is 0 Å². The van der Waals surface area contributed by atoms with E-state index in [9.17, 15) is 4.79 Å². The maximum atomic E-state index is 12.5. The summed E-state index contributed by atoms with van der Waals surface area (Å²) >= 11 is 1.87. The Bertz CT molecular complexity index is 514. The Morgan fingerprint density at radius 1 is 1.23 bits per heavy atom. The molecule has 1 heterocycles. The van der Waals surface area contributed by atoms with Crippen LogP contribution < -0.4 is 11.1 Å². The van der Waals surface area contributed by atoms with Gasteiger partial charge in [0.25, 0.3) is 0 Å². The first-order chi connectivity index (χ1) is 10.7. The topological polar surface area (TPSA) is 55.1 Å². The average molecular weight is 318 g/mol. The van der Waals surface area contributed by atoms with Crippen molar-refractivity contribution in [2.45, 2.75) is 61.9 Å². The van der Waals surface area contributed by atoms with Gasteiger partial charge < -0.3 is 11.1 Å². The van der Waals surface area contributed by atoms with Crippen molar-refractivity contribution in [2.24, 2.45) is 11.7 Å². The molecule has 1 fully saturated rings. The molecule has 1 saturated carbocycles. The summed E-state index contributed by atoms with van der Waals surface area (Å²) in [4.78, 5) is 13.7. The van der Waals surface area contributed by atoms with Crippen molar-refractivity contribution in [3.05, 3.63) is 29.8 Å². The molecular formula is C18H26N2OS. The van der Waals surface area contributed by atoms with Gasteiger partial charge in [0.1, 0.15) is 0 Å². The smallest absolute Gasteiger partial charge is 0.237 e. The van der Waals surface area contributed by atoms with Crippen LogP contribution >= 0.6 is 11.8 Å². The van der Waals surface area contributed by atoms with Crippen LogP contribution in [0, 0.1) is 5.92 Å². The largest absolute Gasteiger partial charge is 0.348 e. The molecule has 1 aliphatic heterocycles. The van der Waals surface area contributed by atoms with Gasteiger partial charge in [0, 0.05) is 10.6 Å². The lowest BCUT2D eigenvalue weighted by Gasteiger charge is -2.28. The monoisotopic (exact) mass is 318 g/mol. The summed E-state index contributed by atoms with van der Waals surface area (Å²) in [5, 5.41) is 3.19. The van der Waals surface area contributed by atoms with Gasteiger partial charge in [-0.2, -0.15) is 0 Å². The Kier molecular flexibility index (Phi) is 5.42. The molecule has 0 saturated heterocycles. The molecule has 3 N–H and O–H groups in total. The molecule has 2 atom stereocenters. The number of benzene rings is 1. The van der Waals surface area contributed by atoms with Crippen molar-refractivity contribution in [1.82, 2.24) is 5.32 Å². The number of hydrogen-bond acceptors (Lipinski definition) is 3. The first-order valence-electron chi connectivity index (χ1n) is 8.51. The van der Waals surface area contributed by atoms with Gasteiger partial charge in [-0.3, -0.25) is 4.79 Å². The van der Waals surface area contributed by atoms with Crippen molar-refractivity contribution in [3.8, 4) is 0 Å². The van der Waals surface area contributed by atoms with Gasteiger partial charge in [-0.1, -0.05) is 50.3 Å². The van der Waals surface area contributed by atoms with E-state index in [4.69, 9.17) is 5.73 Å². The van der Waals surface area contributed by atoms with E-state index in [1.54, 1.807) is 0 Å². The highest BCUT2D eigenvalue weighted by molar-refractivity contribution is 7.99. The summed E-state index contributed by atoms with van der Waals surface area (Å²) in [6.45, 7) is 0. The number of fused-ring (bicyclic) bond motifs is 1. The number of hydrogen-bond donors (Lipinski definition) is 2. The highest BCUT2D eigenvalue weighted by Gasteiger charge is 2.26. The van der Waals surface area contributed by atoms with Gasteiger partial charge in [-0.25, -0.2) is 0 Å². The second-order valence-corrected chi connectivity index (χ2v) is 7.72. The molecule has 0 spiro atoms. The lowest BCUT2D eigenvalue weighted by molar-refractivity contribution is -0.123. The molecule has 3 nitrogen and oxygen atoms in total. The third-order valence-electron chi connectivity index (χ3n) is 4.92. The second kappa shape index (κ2) is 7.51. The van der Waals surface area contributed by atoms with Crippen LogP contribution in [-0.2, 0) is 4.79 Å². The first-order valence-corrected chi connectivity index (χ1v) is 9.50. The van der Waals surface area contributed by atoms with E-state index in [-0.39, 0.29) is 18.0 Å². The van der Waals surface area contributed by atoms with Gasteiger partial charge in [-0.15, -0.1) is 11.8 Å². The summed E-state index contributed by atoms with van der Waals surface area (Å²) in [6, 6.07) is 8.14. The zero-order valence-corrected chi connectivity index (χ0v) is 13.9. The Labute approximate surface area is 137 Å². The van der Waals surface area contributed by atoms with Crippen molar-refractivity contribution in [2.75, 3.05) is 5.75 Å². The highest BCUT2D eigenvalue weighted by atomic mass is 32.2. The average Bonchev–Trinajstić information content (AvgIpc) is 2.56. The molecule has 120 valence electrons. The van der Waals surface area contributed by atoms with E-state index in [1.807, 2.05) is 17.8 Å². The van der Waals surface area contributed by atoms with Gasteiger partial charge in [0.2, 0.25) is 5.91 Å². The number of rotatable bonds is 4. The maximum absolute atomic E-state index is 12.5. The fraction of sp³-hybridized carbons (Fsp3) is 0.611. The summed E-state index contributed by atoms with van der Waals surface area (Å²) in [7, 11) is 0. The number of carbonyl (C=O) groups is 1. The van der Waals surface area contributed by atoms with Crippen LogP contribution in [0.15, 0.2) is 29.2 Å². The molecular weight excluding hydrogens is 292 g/mol. The fourth-order valence-electron chi connectivity index (χ4n) is 3.66. The van der Waals surface area contributed by atoms with E-state index in [1.165, 1.54) is 42.6 Å². The predicted octanol–water partition coefficient (Wildman–Crippen LogP) is 3.64. The summed E-state index contributed by atoms with van der Waals surface area (Å²) in [5.74, 6) is 1.72. The normalized spacial score (nSPS) is 23.6.